The topological polar surface area (TPSA) is 56.2 Å². The van der Waals surface area contributed by atoms with E-state index in [1.54, 1.807) is 18.4 Å². The van der Waals surface area contributed by atoms with Crippen molar-refractivity contribution in [2.75, 3.05) is 13.6 Å². The molecule has 0 unspecified atom stereocenters. The van der Waals surface area contributed by atoms with Gasteiger partial charge in [-0.3, -0.25) is 15.5 Å². The van der Waals surface area contributed by atoms with Crippen LogP contribution in [0.15, 0.2) is 78.2 Å². The van der Waals surface area contributed by atoms with Gasteiger partial charge >= 0.3 is 0 Å². The van der Waals surface area contributed by atoms with E-state index in [0.717, 1.165) is 23.9 Å². The van der Waals surface area contributed by atoms with Crippen LogP contribution in [0.3, 0.4) is 0 Å². The number of rotatable bonds is 8. The van der Waals surface area contributed by atoms with Crippen LogP contribution in [0, 0.1) is 5.41 Å². The van der Waals surface area contributed by atoms with E-state index in [-0.39, 0.29) is 5.91 Å². The third-order valence-electron chi connectivity index (χ3n) is 4.71. The number of nitrogens with zero attached hydrogens (tertiary/aromatic N) is 1. The summed E-state index contributed by atoms with van der Waals surface area (Å²) in [5.74, 6) is -0.158. The van der Waals surface area contributed by atoms with E-state index in [0.29, 0.717) is 6.54 Å². The van der Waals surface area contributed by atoms with Crippen molar-refractivity contribution in [3.63, 3.8) is 0 Å². The minimum Gasteiger partial charge on any atom is -0.301 e. The van der Waals surface area contributed by atoms with Crippen molar-refractivity contribution in [1.29, 1.82) is 5.41 Å². The summed E-state index contributed by atoms with van der Waals surface area (Å²) in [5.41, 5.74) is 0.661. The lowest BCUT2D eigenvalue weighted by Gasteiger charge is -2.36. The van der Waals surface area contributed by atoms with E-state index in [1.807, 2.05) is 72.1 Å². The van der Waals surface area contributed by atoms with E-state index < -0.39 is 5.54 Å². The molecule has 27 heavy (non-hydrogen) atoms. The summed E-state index contributed by atoms with van der Waals surface area (Å²) in [6, 6.07) is 23.4. The average Bonchev–Trinajstić information content (AvgIpc) is 3.25. The second-order valence-electron chi connectivity index (χ2n) is 6.19. The van der Waals surface area contributed by atoms with Crippen molar-refractivity contribution < 1.29 is 4.79 Å². The van der Waals surface area contributed by atoms with Gasteiger partial charge in [0.25, 0.3) is 5.91 Å². The monoisotopic (exact) mass is 377 g/mol. The van der Waals surface area contributed by atoms with Crippen molar-refractivity contribution in [3.8, 4) is 0 Å². The molecule has 0 aliphatic heterocycles. The predicted molar refractivity (Wildman–Crippen MR) is 111 cm³/mol. The molecule has 0 fully saturated rings. The molecule has 1 amide bonds. The SMILES string of the molecule is CNC(C(=O)N(C=N)CCc1cccs1)(c1ccccc1)c1ccccc1. The molecule has 1 aromatic heterocycles. The van der Waals surface area contributed by atoms with Gasteiger partial charge in [0.1, 0.15) is 5.54 Å². The zero-order valence-corrected chi connectivity index (χ0v) is 16.1. The van der Waals surface area contributed by atoms with E-state index in [2.05, 4.69) is 11.4 Å². The van der Waals surface area contributed by atoms with Crippen molar-refractivity contribution >= 4 is 23.6 Å². The van der Waals surface area contributed by atoms with Gasteiger partial charge in [0.2, 0.25) is 0 Å². The van der Waals surface area contributed by atoms with Crippen LogP contribution >= 0.6 is 11.3 Å². The number of likely N-dealkylation sites (N-methyl/N-ethyl adjacent to an activating group) is 1. The molecule has 3 rings (SSSR count). The number of hydrogen-bond donors (Lipinski definition) is 2. The third-order valence-corrected chi connectivity index (χ3v) is 5.64. The van der Waals surface area contributed by atoms with Gasteiger partial charge in [0.05, 0.1) is 6.34 Å². The molecule has 3 aromatic rings. The minimum atomic E-state index is -1.05. The Kier molecular flexibility index (Phi) is 6.16. The van der Waals surface area contributed by atoms with Gasteiger partial charge in [-0.25, -0.2) is 0 Å². The summed E-state index contributed by atoms with van der Waals surface area (Å²) < 4.78 is 0. The number of benzene rings is 2. The van der Waals surface area contributed by atoms with Crippen LogP contribution in [0.1, 0.15) is 16.0 Å². The molecule has 0 atom stereocenters. The van der Waals surface area contributed by atoms with Gasteiger partial charge in [0, 0.05) is 11.4 Å². The smallest absolute Gasteiger partial charge is 0.257 e. The van der Waals surface area contributed by atoms with Gasteiger partial charge in [0.15, 0.2) is 0 Å². The van der Waals surface area contributed by atoms with Crippen LogP contribution in [-0.4, -0.2) is 30.7 Å². The fraction of sp³-hybridized carbons (Fsp3) is 0.182. The molecule has 138 valence electrons. The Morgan fingerprint density at radius 3 is 2.07 bits per heavy atom. The molecule has 2 aromatic carbocycles. The summed E-state index contributed by atoms with van der Waals surface area (Å²) in [6.45, 7) is 0.464. The van der Waals surface area contributed by atoms with E-state index in [9.17, 15) is 4.79 Å². The van der Waals surface area contributed by atoms with Gasteiger partial charge in [-0.1, -0.05) is 66.7 Å². The molecule has 0 bridgehead atoms. The number of carbonyl (C=O) groups excluding carboxylic acids is 1. The first kappa shape index (κ1) is 19.0. The second kappa shape index (κ2) is 8.75. The molecular weight excluding hydrogens is 354 g/mol. The Balaban J connectivity index is 2.00. The van der Waals surface area contributed by atoms with Crippen molar-refractivity contribution in [3.05, 3.63) is 94.2 Å². The molecule has 0 saturated heterocycles. The maximum atomic E-state index is 13.7. The molecule has 4 nitrogen and oxygen atoms in total. The second-order valence-corrected chi connectivity index (χ2v) is 7.22. The lowest BCUT2D eigenvalue weighted by Crippen LogP contribution is -2.55. The van der Waals surface area contributed by atoms with Crippen LogP contribution in [0.4, 0.5) is 0 Å². The largest absolute Gasteiger partial charge is 0.301 e. The highest BCUT2D eigenvalue weighted by Gasteiger charge is 2.42. The van der Waals surface area contributed by atoms with Crippen LogP contribution < -0.4 is 5.32 Å². The van der Waals surface area contributed by atoms with Crippen LogP contribution in [0.25, 0.3) is 0 Å². The first-order chi connectivity index (χ1) is 13.2. The van der Waals surface area contributed by atoms with Crippen molar-refractivity contribution in [2.24, 2.45) is 0 Å². The average molecular weight is 378 g/mol. The molecule has 1 heterocycles. The minimum absolute atomic E-state index is 0.158. The summed E-state index contributed by atoms with van der Waals surface area (Å²) >= 11 is 1.66. The Morgan fingerprint density at radius 1 is 1.04 bits per heavy atom. The maximum Gasteiger partial charge on any atom is 0.257 e. The van der Waals surface area contributed by atoms with Crippen molar-refractivity contribution in [1.82, 2.24) is 10.2 Å². The number of nitrogens with one attached hydrogen (secondary N) is 2. The number of amides is 1. The zero-order chi connectivity index (χ0) is 19.1. The van der Waals surface area contributed by atoms with Gasteiger partial charge < -0.3 is 4.90 Å². The van der Waals surface area contributed by atoms with Gasteiger partial charge in [-0.2, -0.15) is 0 Å². The van der Waals surface area contributed by atoms with Crippen LogP contribution in [-0.2, 0) is 16.8 Å². The number of thiophene rings is 1. The molecule has 0 aliphatic carbocycles. The standard InChI is InChI=1S/C22H23N3OS/c1-24-22(18-9-4-2-5-10-18,19-11-6-3-7-12-19)21(26)25(17-23)15-14-20-13-8-16-27-20/h2-13,16-17,23-24H,14-15H2,1H3. The molecule has 5 heteroatoms. The summed E-state index contributed by atoms with van der Waals surface area (Å²) in [5, 5.41) is 13.1. The Morgan fingerprint density at radius 2 is 1.63 bits per heavy atom. The predicted octanol–water partition coefficient (Wildman–Crippen LogP) is 3.89. The Bertz CT molecular complexity index is 824. The Hall–Kier alpha value is -2.76. The Labute approximate surface area is 164 Å². The fourth-order valence-corrected chi connectivity index (χ4v) is 4.01. The highest BCUT2D eigenvalue weighted by molar-refractivity contribution is 7.09. The summed E-state index contributed by atoms with van der Waals surface area (Å²) in [7, 11) is 1.79. The van der Waals surface area contributed by atoms with Gasteiger partial charge in [-0.05, 0) is 36.0 Å². The van der Waals surface area contributed by atoms with Crippen molar-refractivity contribution in [2.45, 2.75) is 12.0 Å². The maximum absolute atomic E-state index is 13.7. The van der Waals surface area contributed by atoms with E-state index in [4.69, 9.17) is 5.41 Å². The zero-order valence-electron chi connectivity index (χ0n) is 15.3. The normalized spacial score (nSPS) is 11.1. The van der Waals surface area contributed by atoms with Gasteiger partial charge in [-0.15, -0.1) is 11.3 Å². The first-order valence-electron chi connectivity index (χ1n) is 8.86. The van der Waals surface area contributed by atoms with Crippen LogP contribution in [0.2, 0.25) is 0 Å². The molecule has 0 spiro atoms. The highest BCUT2D eigenvalue weighted by Crippen LogP contribution is 2.31. The molecular formula is C22H23N3OS. The molecule has 0 aliphatic rings. The van der Waals surface area contributed by atoms with Crippen LogP contribution in [0.5, 0.6) is 0 Å². The molecule has 2 N–H and O–H groups in total. The first-order valence-corrected chi connectivity index (χ1v) is 9.74. The summed E-state index contributed by atoms with van der Waals surface area (Å²) in [4.78, 5) is 16.4. The number of carbonyl (C=O) groups is 1. The summed E-state index contributed by atoms with van der Waals surface area (Å²) in [6.07, 6.45) is 1.86. The molecule has 0 saturated carbocycles. The number of hydrogen-bond acceptors (Lipinski definition) is 4. The lowest BCUT2D eigenvalue weighted by molar-refractivity contribution is -0.132. The molecule has 0 radical (unpaired) electrons. The fourth-order valence-electron chi connectivity index (χ4n) is 3.31. The van der Waals surface area contributed by atoms with E-state index in [1.165, 1.54) is 9.78 Å². The van der Waals surface area contributed by atoms with E-state index >= 15 is 0 Å². The third kappa shape index (κ3) is 3.84. The lowest BCUT2D eigenvalue weighted by atomic mass is 9.81. The quantitative estimate of drug-likeness (QED) is 0.462. The highest BCUT2D eigenvalue weighted by atomic mass is 32.1.